The molecule has 0 aliphatic heterocycles. The summed E-state index contributed by atoms with van der Waals surface area (Å²) in [7, 11) is 0. The van der Waals surface area contributed by atoms with Crippen molar-refractivity contribution in [3.8, 4) is 5.75 Å². The molecule has 5 heteroatoms. The van der Waals surface area contributed by atoms with Crippen LogP contribution in [0.1, 0.15) is 12.8 Å². The van der Waals surface area contributed by atoms with E-state index >= 15 is 0 Å². The number of hydrogen-bond acceptors (Lipinski definition) is 2. The molecule has 0 spiro atoms. The lowest BCUT2D eigenvalue weighted by molar-refractivity contribution is -0.144. The van der Waals surface area contributed by atoms with E-state index < -0.39 is 11.4 Å². The quantitative estimate of drug-likeness (QED) is 0.928. The third kappa shape index (κ3) is 2.33. The van der Waals surface area contributed by atoms with Crippen molar-refractivity contribution in [3.63, 3.8) is 0 Å². The molecule has 0 unspecified atom stereocenters. The van der Waals surface area contributed by atoms with Gasteiger partial charge in [0.1, 0.15) is 17.8 Å². The molecular formula is C11H10BrClO3. The normalized spacial score (nSPS) is 16.9. The van der Waals surface area contributed by atoms with E-state index in [0.717, 1.165) is 4.47 Å². The summed E-state index contributed by atoms with van der Waals surface area (Å²) in [4.78, 5) is 10.9. The zero-order chi connectivity index (χ0) is 11.8. The summed E-state index contributed by atoms with van der Waals surface area (Å²) >= 11 is 9.11. The van der Waals surface area contributed by atoms with Crippen LogP contribution in [0, 0.1) is 5.41 Å². The van der Waals surface area contributed by atoms with Crippen molar-refractivity contribution in [1.82, 2.24) is 0 Å². The van der Waals surface area contributed by atoms with Crippen molar-refractivity contribution in [1.29, 1.82) is 0 Å². The Morgan fingerprint density at radius 1 is 1.56 bits per heavy atom. The standard InChI is InChI=1S/C11H10BrClO3/c12-8-5-7(13)1-2-9(8)16-6-11(3-4-11)10(14)15/h1-2,5H,3-4,6H2,(H,14,15). The van der Waals surface area contributed by atoms with Crippen LogP contribution in [0.3, 0.4) is 0 Å². The Balaban J connectivity index is 2.03. The largest absolute Gasteiger partial charge is 0.491 e. The number of hydrogen-bond donors (Lipinski definition) is 1. The first-order valence-corrected chi connectivity index (χ1v) is 6.02. The lowest BCUT2D eigenvalue weighted by atomic mass is 10.1. The van der Waals surface area contributed by atoms with E-state index in [4.69, 9.17) is 21.4 Å². The van der Waals surface area contributed by atoms with Gasteiger partial charge in [0, 0.05) is 5.02 Å². The molecule has 1 aromatic rings. The van der Waals surface area contributed by atoms with Gasteiger partial charge in [-0.2, -0.15) is 0 Å². The maximum absolute atomic E-state index is 10.9. The summed E-state index contributed by atoms with van der Waals surface area (Å²) in [6.07, 6.45) is 1.38. The highest BCUT2D eigenvalue weighted by Gasteiger charge is 2.51. The van der Waals surface area contributed by atoms with Crippen LogP contribution in [0.2, 0.25) is 5.02 Å². The minimum atomic E-state index is -0.780. The van der Waals surface area contributed by atoms with Crippen molar-refractivity contribution in [2.24, 2.45) is 5.41 Å². The van der Waals surface area contributed by atoms with Crippen molar-refractivity contribution in [2.45, 2.75) is 12.8 Å². The van der Waals surface area contributed by atoms with Crippen LogP contribution in [0.15, 0.2) is 22.7 Å². The van der Waals surface area contributed by atoms with Gasteiger partial charge in [-0.05, 0) is 47.0 Å². The van der Waals surface area contributed by atoms with Gasteiger partial charge in [-0.15, -0.1) is 0 Å². The molecule has 16 heavy (non-hydrogen) atoms. The minimum Gasteiger partial charge on any atom is -0.491 e. The molecule has 0 bridgehead atoms. The fraction of sp³-hybridized carbons (Fsp3) is 0.364. The van der Waals surface area contributed by atoms with Gasteiger partial charge in [0.25, 0.3) is 0 Å². The maximum atomic E-state index is 10.9. The van der Waals surface area contributed by atoms with Crippen LogP contribution in [-0.4, -0.2) is 17.7 Å². The molecule has 3 nitrogen and oxygen atoms in total. The average molecular weight is 306 g/mol. The third-order valence-electron chi connectivity index (χ3n) is 2.71. The SMILES string of the molecule is O=C(O)C1(COc2ccc(Cl)cc2Br)CC1. The van der Waals surface area contributed by atoms with Gasteiger partial charge >= 0.3 is 5.97 Å². The lowest BCUT2D eigenvalue weighted by Gasteiger charge is -2.12. The molecule has 1 N–H and O–H groups in total. The van der Waals surface area contributed by atoms with Gasteiger partial charge in [-0.1, -0.05) is 11.6 Å². The molecule has 0 amide bonds. The number of carboxylic acids is 1. The number of halogens is 2. The van der Waals surface area contributed by atoms with E-state index in [0.29, 0.717) is 23.6 Å². The molecule has 0 aromatic heterocycles. The number of benzene rings is 1. The smallest absolute Gasteiger partial charge is 0.313 e. The molecule has 0 radical (unpaired) electrons. The van der Waals surface area contributed by atoms with Crippen molar-refractivity contribution in [3.05, 3.63) is 27.7 Å². The molecule has 1 aliphatic rings. The molecule has 86 valence electrons. The Bertz CT molecular complexity index is 429. The van der Waals surface area contributed by atoms with E-state index in [-0.39, 0.29) is 6.61 Å². The number of ether oxygens (including phenoxy) is 1. The first-order valence-electron chi connectivity index (χ1n) is 4.85. The zero-order valence-electron chi connectivity index (χ0n) is 8.37. The fourth-order valence-electron chi connectivity index (χ4n) is 1.38. The molecule has 1 aromatic carbocycles. The van der Waals surface area contributed by atoms with Crippen LogP contribution in [0.4, 0.5) is 0 Å². The van der Waals surface area contributed by atoms with Crippen LogP contribution in [0.5, 0.6) is 5.75 Å². The summed E-state index contributed by atoms with van der Waals surface area (Å²) in [5.41, 5.74) is -0.668. The molecule has 0 saturated heterocycles. The van der Waals surface area contributed by atoms with Crippen molar-refractivity contribution < 1.29 is 14.6 Å². The van der Waals surface area contributed by atoms with Crippen LogP contribution < -0.4 is 4.74 Å². The highest BCUT2D eigenvalue weighted by molar-refractivity contribution is 9.10. The minimum absolute atomic E-state index is 0.211. The molecule has 0 heterocycles. The number of aliphatic carboxylic acids is 1. The third-order valence-corrected chi connectivity index (χ3v) is 3.56. The van der Waals surface area contributed by atoms with Gasteiger partial charge < -0.3 is 9.84 Å². The Morgan fingerprint density at radius 3 is 2.75 bits per heavy atom. The zero-order valence-corrected chi connectivity index (χ0v) is 10.7. The molecule has 1 aliphatic carbocycles. The summed E-state index contributed by atoms with van der Waals surface area (Å²) in [5.74, 6) is -0.158. The van der Waals surface area contributed by atoms with Gasteiger partial charge in [0.05, 0.1) is 4.47 Å². The fourth-order valence-corrected chi connectivity index (χ4v) is 2.18. The summed E-state index contributed by atoms with van der Waals surface area (Å²) in [6, 6.07) is 5.16. The van der Waals surface area contributed by atoms with Crippen LogP contribution in [0.25, 0.3) is 0 Å². The van der Waals surface area contributed by atoms with E-state index in [1.165, 1.54) is 0 Å². The van der Waals surface area contributed by atoms with Gasteiger partial charge in [-0.3, -0.25) is 4.79 Å². The van der Waals surface area contributed by atoms with E-state index in [9.17, 15) is 4.79 Å². The molecule has 0 atom stereocenters. The van der Waals surface area contributed by atoms with Gasteiger partial charge in [0.15, 0.2) is 0 Å². The second kappa shape index (κ2) is 4.26. The lowest BCUT2D eigenvalue weighted by Crippen LogP contribution is -2.22. The first kappa shape index (κ1) is 11.7. The molecule has 2 rings (SSSR count). The van der Waals surface area contributed by atoms with Crippen molar-refractivity contribution in [2.75, 3.05) is 6.61 Å². The Labute approximate surface area is 106 Å². The predicted molar refractivity (Wildman–Crippen MR) is 63.9 cm³/mol. The Kier molecular flexibility index (Phi) is 3.13. The highest BCUT2D eigenvalue weighted by Crippen LogP contribution is 2.46. The summed E-state index contributed by atoms with van der Waals surface area (Å²) in [6.45, 7) is 0.211. The molecule has 1 fully saturated rings. The van der Waals surface area contributed by atoms with E-state index in [1.807, 2.05) is 0 Å². The monoisotopic (exact) mass is 304 g/mol. The highest BCUT2D eigenvalue weighted by atomic mass is 79.9. The Hall–Kier alpha value is -0.740. The van der Waals surface area contributed by atoms with Crippen molar-refractivity contribution >= 4 is 33.5 Å². The maximum Gasteiger partial charge on any atom is 0.313 e. The second-order valence-corrected chi connectivity index (χ2v) is 5.24. The Morgan fingerprint density at radius 2 is 2.25 bits per heavy atom. The average Bonchev–Trinajstić information content (AvgIpc) is 2.97. The number of rotatable bonds is 4. The number of carbonyl (C=O) groups is 1. The van der Waals surface area contributed by atoms with Crippen LogP contribution in [-0.2, 0) is 4.79 Å². The molecular weight excluding hydrogens is 295 g/mol. The topological polar surface area (TPSA) is 46.5 Å². The van der Waals surface area contributed by atoms with Crippen LogP contribution >= 0.6 is 27.5 Å². The number of carboxylic acid groups (broad SMARTS) is 1. The van der Waals surface area contributed by atoms with E-state index in [2.05, 4.69) is 15.9 Å². The van der Waals surface area contributed by atoms with Gasteiger partial charge in [0.2, 0.25) is 0 Å². The second-order valence-electron chi connectivity index (χ2n) is 3.95. The van der Waals surface area contributed by atoms with Gasteiger partial charge in [-0.25, -0.2) is 0 Å². The summed E-state index contributed by atoms with van der Waals surface area (Å²) < 4.78 is 6.23. The first-order chi connectivity index (χ1) is 7.53. The summed E-state index contributed by atoms with van der Waals surface area (Å²) in [5, 5.41) is 9.59. The predicted octanol–water partition coefficient (Wildman–Crippen LogP) is 3.35. The van der Waals surface area contributed by atoms with E-state index in [1.54, 1.807) is 18.2 Å². The molecule has 1 saturated carbocycles.